The Morgan fingerprint density at radius 1 is 1.21 bits per heavy atom. The van der Waals surface area contributed by atoms with Crippen LogP contribution in [0.3, 0.4) is 0 Å². The van der Waals surface area contributed by atoms with E-state index in [9.17, 15) is 4.79 Å². The summed E-state index contributed by atoms with van der Waals surface area (Å²) in [4.78, 5) is 12.4. The molecule has 2 aromatic carbocycles. The third-order valence-electron chi connectivity index (χ3n) is 4.13. The SMILES string of the molecule is C=CCn1c(SCC(=O)Nc2cc(C)ccc2C)nnc1-c1ccc(Cl)cc1. The van der Waals surface area contributed by atoms with Gasteiger partial charge in [-0.1, -0.05) is 41.6 Å². The Kier molecular flexibility index (Phi) is 6.54. The van der Waals surface area contributed by atoms with Crippen LogP contribution >= 0.6 is 23.4 Å². The maximum Gasteiger partial charge on any atom is 0.234 e. The van der Waals surface area contributed by atoms with Gasteiger partial charge >= 0.3 is 0 Å². The maximum absolute atomic E-state index is 12.4. The van der Waals surface area contributed by atoms with Gasteiger partial charge in [0.2, 0.25) is 5.91 Å². The number of nitrogens with one attached hydrogen (secondary N) is 1. The van der Waals surface area contributed by atoms with Gasteiger partial charge in [-0.25, -0.2) is 0 Å². The minimum atomic E-state index is -0.0834. The average Bonchev–Trinajstić information content (AvgIpc) is 3.07. The van der Waals surface area contributed by atoms with Crippen LogP contribution in [0, 0.1) is 13.8 Å². The number of rotatable bonds is 7. The lowest BCUT2D eigenvalue weighted by Gasteiger charge is -2.10. The Morgan fingerprint density at radius 2 is 1.96 bits per heavy atom. The van der Waals surface area contributed by atoms with E-state index in [0.29, 0.717) is 22.5 Å². The van der Waals surface area contributed by atoms with Gasteiger partial charge in [0.1, 0.15) is 0 Å². The van der Waals surface area contributed by atoms with Crippen molar-refractivity contribution in [2.45, 2.75) is 25.5 Å². The van der Waals surface area contributed by atoms with Crippen LogP contribution in [0.5, 0.6) is 0 Å². The second-order valence-electron chi connectivity index (χ2n) is 6.37. The van der Waals surface area contributed by atoms with Crippen LogP contribution in [0.15, 0.2) is 60.3 Å². The molecule has 0 aliphatic carbocycles. The highest BCUT2D eigenvalue weighted by atomic mass is 35.5. The highest BCUT2D eigenvalue weighted by molar-refractivity contribution is 7.99. The third-order valence-corrected chi connectivity index (χ3v) is 5.35. The normalized spacial score (nSPS) is 10.7. The first-order valence-corrected chi connectivity index (χ1v) is 10.1. The number of allylic oxidation sites excluding steroid dienone is 1. The van der Waals surface area contributed by atoms with Gasteiger partial charge in [-0.05, 0) is 55.3 Å². The largest absolute Gasteiger partial charge is 0.325 e. The smallest absolute Gasteiger partial charge is 0.234 e. The number of hydrogen-bond acceptors (Lipinski definition) is 4. The Hall–Kier alpha value is -2.57. The summed E-state index contributed by atoms with van der Waals surface area (Å²) in [5.74, 6) is 0.873. The molecule has 3 aromatic rings. The minimum absolute atomic E-state index is 0.0834. The summed E-state index contributed by atoms with van der Waals surface area (Å²) in [5, 5.41) is 12.8. The Labute approximate surface area is 173 Å². The van der Waals surface area contributed by atoms with Crippen LogP contribution in [-0.4, -0.2) is 26.4 Å². The van der Waals surface area contributed by atoms with E-state index in [1.165, 1.54) is 11.8 Å². The number of thioether (sulfide) groups is 1. The molecule has 5 nitrogen and oxygen atoms in total. The first kappa shape index (κ1) is 20.2. The topological polar surface area (TPSA) is 59.8 Å². The molecule has 0 spiro atoms. The molecule has 0 saturated heterocycles. The van der Waals surface area contributed by atoms with Gasteiger partial charge in [0, 0.05) is 22.8 Å². The van der Waals surface area contributed by atoms with Crippen LogP contribution in [0.4, 0.5) is 5.69 Å². The number of aromatic nitrogens is 3. The molecule has 0 fully saturated rings. The zero-order valence-electron chi connectivity index (χ0n) is 15.8. The third kappa shape index (κ3) is 4.82. The predicted octanol–water partition coefficient (Wildman–Crippen LogP) is 5.13. The molecule has 1 heterocycles. The summed E-state index contributed by atoms with van der Waals surface area (Å²) in [6, 6.07) is 13.4. The molecule has 0 radical (unpaired) electrons. The fourth-order valence-corrected chi connectivity index (χ4v) is 3.56. The van der Waals surface area contributed by atoms with Gasteiger partial charge in [0.05, 0.1) is 5.75 Å². The van der Waals surface area contributed by atoms with Gasteiger partial charge in [-0.2, -0.15) is 0 Å². The van der Waals surface area contributed by atoms with Crippen molar-refractivity contribution < 1.29 is 4.79 Å². The number of carbonyl (C=O) groups is 1. The van der Waals surface area contributed by atoms with Gasteiger partial charge in [0.15, 0.2) is 11.0 Å². The van der Waals surface area contributed by atoms with E-state index in [0.717, 1.165) is 22.4 Å². The van der Waals surface area contributed by atoms with E-state index in [2.05, 4.69) is 22.1 Å². The summed E-state index contributed by atoms with van der Waals surface area (Å²) in [6.45, 7) is 8.33. The molecule has 144 valence electrons. The van der Waals surface area contributed by atoms with Crippen molar-refractivity contribution in [1.29, 1.82) is 0 Å². The first-order valence-electron chi connectivity index (χ1n) is 8.78. The summed E-state index contributed by atoms with van der Waals surface area (Å²) in [6.07, 6.45) is 1.78. The van der Waals surface area contributed by atoms with E-state index in [4.69, 9.17) is 11.6 Å². The number of anilines is 1. The van der Waals surface area contributed by atoms with Crippen LogP contribution in [0.1, 0.15) is 11.1 Å². The van der Waals surface area contributed by atoms with Gasteiger partial charge < -0.3 is 5.32 Å². The quantitative estimate of drug-likeness (QED) is 0.431. The summed E-state index contributed by atoms with van der Waals surface area (Å²) in [5.41, 5.74) is 3.88. The standard InChI is InChI=1S/C21H21ClN4OS/c1-4-11-26-20(16-7-9-17(22)10-8-16)24-25-21(26)28-13-19(27)23-18-12-14(2)5-6-15(18)3/h4-10,12H,1,11,13H2,2-3H3,(H,23,27). The summed E-state index contributed by atoms with van der Waals surface area (Å²) in [7, 11) is 0. The fourth-order valence-electron chi connectivity index (χ4n) is 2.69. The zero-order chi connectivity index (χ0) is 20.1. The second-order valence-corrected chi connectivity index (χ2v) is 7.75. The zero-order valence-corrected chi connectivity index (χ0v) is 17.3. The Bertz CT molecular complexity index is 998. The highest BCUT2D eigenvalue weighted by Crippen LogP contribution is 2.25. The van der Waals surface area contributed by atoms with Gasteiger partial charge in [-0.3, -0.25) is 9.36 Å². The van der Waals surface area contributed by atoms with E-state index < -0.39 is 0 Å². The molecular weight excluding hydrogens is 392 g/mol. The number of benzene rings is 2. The first-order chi connectivity index (χ1) is 13.5. The summed E-state index contributed by atoms with van der Waals surface area (Å²) < 4.78 is 1.94. The number of aryl methyl sites for hydroxylation is 2. The number of carbonyl (C=O) groups excluding carboxylic acids is 1. The van der Waals surface area contributed by atoms with E-state index in [1.54, 1.807) is 6.08 Å². The molecule has 7 heteroatoms. The maximum atomic E-state index is 12.4. The van der Waals surface area contributed by atoms with Crippen LogP contribution in [0.25, 0.3) is 11.4 Å². The minimum Gasteiger partial charge on any atom is -0.325 e. The lowest BCUT2D eigenvalue weighted by atomic mass is 10.1. The number of hydrogen-bond donors (Lipinski definition) is 1. The van der Waals surface area contributed by atoms with Gasteiger partial charge in [-0.15, -0.1) is 16.8 Å². The molecule has 1 amide bonds. The molecule has 3 rings (SSSR count). The molecule has 1 N–H and O–H groups in total. The molecule has 0 aliphatic rings. The van der Waals surface area contributed by atoms with Crippen molar-refractivity contribution in [1.82, 2.24) is 14.8 Å². The van der Waals surface area contributed by atoms with Crippen molar-refractivity contribution in [3.05, 3.63) is 71.3 Å². The molecule has 1 aromatic heterocycles. The van der Waals surface area contributed by atoms with Crippen molar-refractivity contribution >= 4 is 35.0 Å². The molecule has 0 saturated carbocycles. The lowest BCUT2D eigenvalue weighted by Crippen LogP contribution is -2.15. The van der Waals surface area contributed by atoms with Crippen LogP contribution < -0.4 is 5.32 Å². The second kappa shape index (κ2) is 9.08. The van der Waals surface area contributed by atoms with Crippen molar-refractivity contribution in [2.24, 2.45) is 0 Å². The van der Waals surface area contributed by atoms with E-state index in [-0.39, 0.29) is 11.7 Å². The van der Waals surface area contributed by atoms with Crippen LogP contribution in [0.2, 0.25) is 5.02 Å². The fraction of sp³-hybridized carbons (Fsp3) is 0.190. The molecular formula is C21H21ClN4OS. The monoisotopic (exact) mass is 412 g/mol. The van der Waals surface area contributed by atoms with Crippen molar-refractivity contribution in [2.75, 3.05) is 11.1 Å². The number of nitrogens with zero attached hydrogens (tertiary/aromatic N) is 3. The predicted molar refractivity (Wildman–Crippen MR) is 116 cm³/mol. The molecule has 0 bridgehead atoms. The Morgan fingerprint density at radius 3 is 2.68 bits per heavy atom. The molecule has 28 heavy (non-hydrogen) atoms. The molecule has 0 aliphatic heterocycles. The highest BCUT2D eigenvalue weighted by Gasteiger charge is 2.15. The van der Waals surface area contributed by atoms with Crippen LogP contribution in [-0.2, 0) is 11.3 Å². The van der Waals surface area contributed by atoms with Crippen molar-refractivity contribution in [3.8, 4) is 11.4 Å². The summed E-state index contributed by atoms with van der Waals surface area (Å²) >= 11 is 7.32. The lowest BCUT2D eigenvalue weighted by molar-refractivity contribution is -0.113. The van der Waals surface area contributed by atoms with E-state index in [1.807, 2.05) is 60.9 Å². The average molecular weight is 413 g/mol. The molecule has 0 unspecified atom stereocenters. The molecule has 0 atom stereocenters. The number of amides is 1. The number of halogens is 1. The van der Waals surface area contributed by atoms with Crippen molar-refractivity contribution in [3.63, 3.8) is 0 Å². The van der Waals surface area contributed by atoms with E-state index >= 15 is 0 Å². The Balaban J connectivity index is 1.73. The van der Waals surface area contributed by atoms with Gasteiger partial charge in [0.25, 0.3) is 0 Å².